The lowest BCUT2D eigenvalue weighted by Gasteiger charge is -2.37. The van der Waals surface area contributed by atoms with Crippen LogP contribution in [-0.2, 0) is 14.0 Å². The fourth-order valence-electron chi connectivity index (χ4n) is 2.76. The topological polar surface area (TPSA) is 36.9 Å². The van der Waals surface area contributed by atoms with Gasteiger partial charge in [0, 0.05) is 5.41 Å². The third-order valence-electron chi connectivity index (χ3n) is 5.24. The third-order valence-corrected chi connectivity index (χ3v) is 5.24. The minimum Gasteiger partial charge on any atom is -0.493 e. The maximum Gasteiger partial charge on any atom is 0.495 e. The first kappa shape index (κ1) is 16.8. The Balaban J connectivity index is 1.70. The van der Waals surface area contributed by atoms with E-state index in [1.54, 1.807) is 0 Å². The Labute approximate surface area is 139 Å². The molecule has 5 heteroatoms. The summed E-state index contributed by atoms with van der Waals surface area (Å²) in [5, 5.41) is 0. The van der Waals surface area contributed by atoms with Crippen molar-refractivity contribution in [3.63, 3.8) is 0 Å². The average Bonchev–Trinajstić information content (AvgIpc) is 2.63. The van der Waals surface area contributed by atoms with E-state index < -0.39 is 0 Å². The molecule has 1 aromatic carbocycles. The summed E-state index contributed by atoms with van der Waals surface area (Å²) in [6.45, 7) is 14.8. The van der Waals surface area contributed by atoms with Crippen molar-refractivity contribution in [3.05, 3.63) is 23.8 Å². The zero-order valence-electron chi connectivity index (χ0n) is 15.1. The van der Waals surface area contributed by atoms with Crippen LogP contribution in [0, 0.1) is 12.3 Å². The standard InChI is InChI=1S/C18H27BO4/c1-13-9-14(21-12-18(6)10-20-11-18)7-8-15(13)19-22-16(2,3)17(4,5)23-19/h7-9H,10-12H2,1-6H3. The molecule has 0 aliphatic carbocycles. The second-order valence-electron chi connectivity index (χ2n) is 8.20. The highest BCUT2D eigenvalue weighted by Crippen LogP contribution is 2.37. The molecule has 0 N–H and O–H groups in total. The van der Waals surface area contributed by atoms with E-state index in [1.165, 1.54) is 0 Å². The molecule has 2 saturated heterocycles. The van der Waals surface area contributed by atoms with E-state index in [1.807, 2.05) is 12.1 Å². The molecule has 23 heavy (non-hydrogen) atoms. The van der Waals surface area contributed by atoms with Crippen molar-refractivity contribution >= 4 is 12.6 Å². The SMILES string of the molecule is Cc1cc(OCC2(C)COC2)ccc1B1OC(C)(C)C(C)(C)O1. The number of rotatable bonds is 4. The van der Waals surface area contributed by atoms with Crippen molar-refractivity contribution in [2.75, 3.05) is 19.8 Å². The molecule has 3 rings (SSSR count). The van der Waals surface area contributed by atoms with Crippen LogP contribution in [-0.4, -0.2) is 38.1 Å². The number of hydrogen-bond donors (Lipinski definition) is 0. The zero-order chi connectivity index (χ0) is 16.9. The summed E-state index contributed by atoms with van der Waals surface area (Å²) < 4.78 is 23.5. The van der Waals surface area contributed by atoms with E-state index in [9.17, 15) is 0 Å². The Morgan fingerprint density at radius 1 is 1.04 bits per heavy atom. The Morgan fingerprint density at radius 3 is 2.13 bits per heavy atom. The van der Waals surface area contributed by atoms with Crippen molar-refractivity contribution in [2.24, 2.45) is 5.41 Å². The van der Waals surface area contributed by atoms with E-state index in [4.69, 9.17) is 18.8 Å². The van der Waals surface area contributed by atoms with Crippen molar-refractivity contribution in [2.45, 2.75) is 52.7 Å². The molecule has 4 nitrogen and oxygen atoms in total. The van der Waals surface area contributed by atoms with Gasteiger partial charge in [0.25, 0.3) is 0 Å². The van der Waals surface area contributed by atoms with Gasteiger partial charge in [-0.25, -0.2) is 0 Å². The van der Waals surface area contributed by atoms with Gasteiger partial charge in [-0.2, -0.15) is 0 Å². The van der Waals surface area contributed by atoms with Crippen molar-refractivity contribution < 1.29 is 18.8 Å². The maximum atomic E-state index is 6.13. The van der Waals surface area contributed by atoms with Crippen LogP contribution in [0.25, 0.3) is 0 Å². The molecule has 0 spiro atoms. The van der Waals surface area contributed by atoms with Gasteiger partial charge >= 0.3 is 7.12 Å². The number of aryl methyl sites for hydroxylation is 1. The predicted octanol–water partition coefficient (Wildman–Crippen LogP) is 2.71. The lowest BCUT2D eigenvalue weighted by Crippen LogP contribution is -2.44. The molecule has 2 aliphatic heterocycles. The first-order valence-corrected chi connectivity index (χ1v) is 8.29. The summed E-state index contributed by atoms with van der Waals surface area (Å²) >= 11 is 0. The highest BCUT2D eigenvalue weighted by molar-refractivity contribution is 6.62. The number of hydrogen-bond acceptors (Lipinski definition) is 4. The monoisotopic (exact) mass is 318 g/mol. The van der Waals surface area contributed by atoms with Gasteiger partial charge < -0.3 is 18.8 Å². The van der Waals surface area contributed by atoms with Crippen LogP contribution in [0.2, 0.25) is 0 Å². The smallest absolute Gasteiger partial charge is 0.493 e. The molecule has 0 saturated carbocycles. The van der Waals surface area contributed by atoms with Crippen molar-refractivity contribution in [1.82, 2.24) is 0 Å². The fraction of sp³-hybridized carbons (Fsp3) is 0.667. The van der Waals surface area contributed by atoms with Gasteiger partial charge in [0.1, 0.15) is 5.75 Å². The lowest BCUT2D eigenvalue weighted by molar-refractivity contribution is -0.120. The van der Waals surface area contributed by atoms with Gasteiger partial charge in [-0.05, 0) is 57.8 Å². The molecule has 2 aliphatic rings. The maximum absolute atomic E-state index is 6.13. The molecule has 2 fully saturated rings. The van der Waals surface area contributed by atoms with Crippen LogP contribution < -0.4 is 10.2 Å². The minimum absolute atomic E-state index is 0.151. The van der Waals surface area contributed by atoms with Crippen LogP contribution in [0.3, 0.4) is 0 Å². The Hall–Kier alpha value is -1.04. The van der Waals surface area contributed by atoms with Gasteiger partial charge in [0.15, 0.2) is 0 Å². The molecular formula is C18H27BO4. The van der Waals surface area contributed by atoms with Crippen LogP contribution >= 0.6 is 0 Å². The molecule has 0 unspecified atom stereocenters. The normalized spacial score (nSPS) is 24.3. The highest BCUT2D eigenvalue weighted by atomic mass is 16.7. The lowest BCUT2D eigenvalue weighted by atomic mass is 9.76. The first-order chi connectivity index (χ1) is 10.6. The molecule has 0 bridgehead atoms. The Bertz CT molecular complexity index is 577. The summed E-state index contributed by atoms with van der Waals surface area (Å²) in [5.74, 6) is 0.885. The van der Waals surface area contributed by atoms with Gasteiger partial charge in [0.2, 0.25) is 0 Å². The van der Waals surface area contributed by atoms with Crippen LogP contribution in [0.4, 0.5) is 0 Å². The molecule has 0 atom stereocenters. The molecule has 0 aromatic heterocycles. The summed E-state index contributed by atoms with van der Waals surface area (Å²) in [6, 6.07) is 6.10. The number of ether oxygens (including phenoxy) is 2. The van der Waals surface area contributed by atoms with Crippen LogP contribution in [0.1, 0.15) is 40.2 Å². The van der Waals surface area contributed by atoms with Crippen LogP contribution in [0.5, 0.6) is 5.75 Å². The summed E-state index contributed by atoms with van der Waals surface area (Å²) in [5.41, 5.74) is 1.69. The van der Waals surface area contributed by atoms with E-state index in [2.05, 4.69) is 47.6 Å². The third kappa shape index (κ3) is 3.15. The van der Waals surface area contributed by atoms with Gasteiger partial charge in [0.05, 0.1) is 31.0 Å². The molecule has 0 radical (unpaired) electrons. The predicted molar refractivity (Wildman–Crippen MR) is 91.3 cm³/mol. The van der Waals surface area contributed by atoms with Gasteiger partial charge in [-0.1, -0.05) is 13.0 Å². The number of benzene rings is 1. The zero-order valence-corrected chi connectivity index (χ0v) is 15.1. The minimum atomic E-state index is -0.327. The van der Waals surface area contributed by atoms with Crippen LogP contribution in [0.15, 0.2) is 18.2 Å². The second-order valence-corrected chi connectivity index (χ2v) is 8.20. The molecule has 0 amide bonds. The van der Waals surface area contributed by atoms with Crippen molar-refractivity contribution in [3.8, 4) is 5.75 Å². The quantitative estimate of drug-likeness (QED) is 0.800. The fourth-order valence-corrected chi connectivity index (χ4v) is 2.76. The highest BCUT2D eigenvalue weighted by Gasteiger charge is 2.52. The van der Waals surface area contributed by atoms with E-state index >= 15 is 0 Å². The molecule has 2 heterocycles. The van der Waals surface area contributed by atoms with E-state index in [0.717, 1.165) is 30.0 Å². The van der Waals surface area contributed by atoms with E-state index in [0.29, 0.717) is 6.61 Å². The summed E-state index contributed by atoms with van der Waals surface area (Å²) in [7, 11) is -0.327. The second kappa shape index (κ2) is 5.50. The van der Waals surface area contributed by atoms with Gasteiger partial charge in [-0.15, -0.1) is 0 Å². The Morgan fingerprint density at radius 2 is 1.65 bits per heavy atom. The summed E-state index contributed by atoms with van der Waals surface area (Å²) in [6.07, 6.45) is 0. The summed E-state index contributed by atoms with van der Waals surface area (Å²) in [4.78, 5) is 0. The van der Waals surface area contributed by atoms with Crippen molar-refractivity contribution in [1.29, 1.82) is 0 Å². The largest absolute Gasteiger partial charge is 0.495 e. The molecule has 1 aromatic rings. The molecular weight excluding hydrogens is 291 g/mol. The first-order valence-electron chi connectivity index (χ1n) is 8.29. The van der Waals surface area contributed by atoms with Gasteiger partial charge in [-0.3, -0.25) is 0 Å². The average molecular weight is 318 g/mol. The Kier molecular flexibility index (Phi) is 4.02. The molecule has 126 valence electrons. The van der Waals surface area contributed by atoms with E-state index in [-0.39, 0.29) is 23.7 Å².